The molecule has 0 atom stereocenters. The molecule has 0 saturated carbocycles. The van der Waals surface area contributed by atoms with Gasteiger partial charge in [0, 0.05) is 11.8 Å². The first kappa shape index (κ1) is 17.6. The van der Waals surface area contributed by atoms with Gasteiger partial charge in [-0.25, -0.2) is 0 Å². The first-order valence-electron chi connectivity index (χ1n) is 8.08. The van der Waals surface area contributed by atoms with Crippen molar-refractivity contribution in [2.75, 3.05) is 17.7 Å². The summed E-state index contributed by atoms with van der Waals surface area (Å²) in [5, 5.41) is 2.89. The fraction of sp³-hybridized carbons (Fsp3) is 0.250. The van der Waals surface area contributed by atoms with Crippen molar-refractivity contribution in [1.29, 1.82) is 0 Å². The van der Waals surface area contributed by atoms with Crippen LogP contribution in [0.4, 0.5) is 11.4 Å². The van der Waals surface area contributed by atoms with Crippen LogP contribution in [0, 0.1) is 13.8 Å². The van der Waals surface area contributed by atoms with Gasteiger partial charge in [0.25, 0.3) is 0 Å². The molecule has 3 N–H and O–H groups in total. The molecule has 24 heavy (non-hydrogen) atoms. The lowest BCUT2D eigenvalue weighted by atomic mass is 10.1. The molecule has 0 spiro atoms. The highest BCUT2D eigenvalue weighted by atomic mass is 16.5. The van der Waals surface area contributed by atoms with E-state index in [1.165, 1.54) is 6.08 Å². The maximum atomic E-state index is 12.1. The minimum atomic E-state index is -0.173. The Morgan fingerprint density at radius 3 is 2.71 bits per heavy atom. The SMILES string of the molecule is CCCOc1ccc(/C=C\C(=O)Nc2cc(C)ccc2C)cc1N. The third-order valence-electron chi connectivity index (χ3n) is 3.57. The molecule has 0 aliphatic rings. The molecular formula is C20H24N2O2. The molecule has 0 radical (unpaired) electrons. The number of carbonyl (C=O) groups excluding carboxylic acids is 1. The third-order valence-corrected chi connectivity index (χ3v) is 3.57. The van der Waals surface area contributed by atoms with Gasteiger partial charge in [0.15, 0.2) is 0 Å². The number of anilines is 2. The molecule has 4 heteroatoms. The predicted molar refractivity (Wildman–Crippen MR) is 100 cm³/mol. The summed E-state index contributed by atoms with van der Waals surface area (Å²) in [7, 11) is 0. The Kier molecular flexibility index (Phi) is 6.01. The monoisotopic (exact) mass is 324 g/mol. The second-order valence-electron chi connectivity index (χ2n) is 5.79. The predicted octanol–water partition coefficient (Wildman–Crippen LogP) is 4.33. The fourth-order valence-electron chi connectivity index (χ4n) is 2.23. The van der Waals surface area contributed by atoms with E-state index >= 15 is 0 Å². The third kappa shape index (κ3) is 4.88. The first-order chi connectivity index (χ1) is 11.5. The lowest BCUT2D eigenvalue weighted by molar-refractivity contribution is -0.111. The minimum absolute atomic E-state index is 0.173. The van der Waals surface area contributed by atoms with E-state index in [0.717, 1.165) is 28.8 Å². The number of nitrogens with one attached hydrogen (secondary N) is 1. The maximum absolute atomic E-state index is 12.1. The van der Waals surface area contributed by atoms with Crippen molar-refractivity contribution in [3.8, 4) is 5.75 Å². The van der Waals surface area contributed by atoms with Crippen molar-refractivity contribution >= 4 is 23.4 Å². The van der Waals surface area contributed by atoms with Crippen molar-refractivity contribution < 1.29 is 9.53 Å². The summed E-state index contributed by atoms with van der Waals surface area (Å²) >= 11 is 0. The van der Waals surface area contributed by atoms with Crippen LogP contribution in [0.5, 0.6) is 5.75 Å². The summed E-state index contributed by atoms with van der Waals surface area (Å²) in [5.41, 5.74) is 10.4. The van der Waals surface area contributed by atoms with E-state index in [4.69, 9.17) is 10.5 Å². The smallest absolute Gasteiger partial charge is 0.248 e. The molecule has 0 aliphatic heterocycles. The van der Waals surface area contributed by atoms with Gasteiger partial charge in [-0.2, -0.15) is 0 Å². The van der Waals surface area contributed by atoms with E-state index in [1.54, 1.807) is 12.1 Å². The van der Waals surface area contributed by atoms with Gasteiger partial charge in [-0.05, 0) is 61.2 Å². The molecule has 0 fully saturated rings. The van der Waals surface area contributed by atoms with E-state index in [1.807, 2.05) is 51.1 Å². The quantitative estimate of drug-likeness (QED) is 0.614. The molecule has 0 aromatic heterocycles. The van der Waals surface area contributed by atoms with E-state index in [9.17, 15) is 4.79 Å². The Morgan fingerprint density at radius 2 is 2.00 bits per heavy atom. The van der Waals surface area contributed by atoms with Crippen molar-refractivity contribution in [3.05, 3.63) is 59.2 Å². The number of amides is 1. The number of ether oxygens (including phenoxy) is 1. The lowest BCUT2D eigenvalue weighted by Gasteiger charge is -2.08. The fourth-order valence-corrected chi connectivity index (χ4v) is 2.23. The van der Waals surface area contributed by atoms with E-state index < -0.39 is 0 Å². The Morgan fingerprint density at radius 1 is 1.21 bits per heavy atom. The second kappa shape index (κ2) is 8.20. The molecule has 1 amide bonds. The molecule has 2 aromatic rings. The first-order valence-corrected chi connectivity index (χ1v) is 8.08. The number of nitrogens with two attached hydrogens (primary N) is 1. The number of hydrogen-bond donors (Lipinski definition) is 2. The molecule has 0 bridgehead atoms. The van der Waals surface area contributed by atoms with Gasteiger partial charge in [-0.1, -0.05) is 25.1 Å². The average molecular weight is 324 g/mol. The highest BCUT2D eigenvalue weighted by Gasteiger charge is 2.03. The summed E-state index contributed by atoms with van der Waals surface area (Å²) in [6, 6.07) is 11.5. The van der Waals surface area contributed by atoms with Gasteiger partial charge in [0.05, 0.1) is 12.3 Å². The van der Waals surface area contributed by atoms with Crippen molar-refractivity contribution in [2.45, 2.75) is 27.2 Å². The zero-order valence-corrected chi connectivity index (χ0v) is 14.4. The number of rotatable bonds is 6. The van der Waals surface area contributed by atoms with Crippen LogP contribution in [0.15, 0.2) is 42.5 Å². The zero-order valence-electron chi connectivity index (χ0n) is 14.4. The highest BCUT2D eigenvalue weighted by molar-refractivity contribution is 6.02. The van der Waals surface area contributed by atoms with Gasteiger partial charge in [0.1, 0.15) is 5.75 Å². The molecule has 0 heterocycles. The molecule has 0 unspecified atom stereocenters. The molecular weight excluding hydrogens is 300 g/mol. The molecule has 126 valence electrons. The van der Waals surface area contributed by atoms with Gasteiger partial charge >= 0.3 is 0 Å². The van der Waals surface area contributed by atoms with Gasteiger partial charge in [-0.15, -0.1) is 0 Å². The van der Waals surface area contributed by atoms with Gasteiger partial charge < -0.3 is 15.8 Å². The summed E-state index contributed by atoms with van der Waals surface area (Å²) < 4.78 is 5.54. The summed E-state index contributed by atoms with van der Waals surface area (Å²) in [4.78, 5) is 12.1. The van der Waals surface area contributed by atoms with Crippen LogP contribution in [0.25, 0.3) is 6.08 Å². The number of aryl methyl sites for hydroxylation is 2. The van der Waals surface area contributed by atoms with Crippen LogP contribution >= 0.6 is 0 Å². The Labute approximate surface area is 143 Å². The number of nitrogen functional groups attached to an aromatic ring is 1. The standard InChI is InChI=1S/C20H24N2O2/c1-4-11-24-19-9-7-16(13-17(19)21)8-10-20(23)22-18-12-14(2)5-6-15(18)3/h5-10,12-13H,4,11,21H2,1-3H3,(H,22,23)/b10-8-. The van der Waals surface area contributed by atoms with Crippen LogP contribution in [0.1, 0.15) is 30.0 Å². The number of benzene rings is 2. The summed E-state index contributed by atoms with van der Waals surface area (Å²) in [6.45, 7) is 6.64. The second-order valence-corrected chi connectivity index (χ2v) is 5.79. The van der Waals surface area contributed by atoms with E-state index in [2.05, 4.69) is 5.32 Å². The van der Waals surface area contributed by atoms with Crippen LogP contribution in [0.2, 0.25) is 0 Å². The van der Waals surface area contributed by atoms with Crippen LogP contribution in [0.3, 0.4) is 0 Å². The maximum Gasteiger partial charge on any atom is 0.248 e. The average Bonchev–Trinajstić information content (AvgIpc) is 2.55. The van der Waals surface area contributed by atoms with Crippen LogP contribution in [-0.2, 0) is 4.79 Å². The zero-order chi connectivity index (χ0) is 17.5. The van der Waals surface area contributed by atoms with E-state index in [0.29, 0.717) is 18.0 Å². The minimum Gasteiger partial charge on any atom is -0.491 e. The molecule has 4 nitrogen and oxygen atoms in total. The van der Waals surface area contributed by atoms with E-state index in [-0.39, 0.29) is 5.91 Å². The molecule has 2 aromatic carbocycles. The number of hydrogen-bond acceptors (Lipinski definition) is 3. The van der Waals surface area contributed by atoms with Crippen LogP contribution < -0.4 is 15.8 Å². The van der Waals surface area contributed by atoms with Crippen molar-refractivity contribution in [1.82, 2.24) is 0 Å². The molecule has 0 saturated heterocycles. The highest BCUT2D eigenvalue weighted by Crippen LogP contribution is 2.23. The van der Waals surface area contributed by atoms with Crippen molar-refractivity contribution in [2.24, 2.45) is 0 Å². The van der Waals surface area contributed by atoms with Crippen LogP contribution in [-0.4, -0.2) is 12.5 Å². The summed E-state index contributed by atoms with van der Waals surface area (Å²) in [5.74, 6) is 0.502. The largest absolute Gasteiger partial charge is 0.491 e. The Balaban J connectivity index is 2.03. The van der Waals surface area contributed by atoms with Crippen molar-refractivity contribution in [3.63, 3.8) is 0 Å². The molecule has 0 aliphatic carbocycles. The molecule has 2 rings (SSSR count). The Hall–Kier alpha value is -2.75. The number of carbonyl (C=O) groups is 1. The Bertz CT molecular complexity index is 751. The van der Waals surface area contributed by atoms with Gasteiger partial charge in [-0.3, -0.25) is 4.79 Å². The lowest BCUT2D eigenvalue weighted by Crippen LogP contribution is -2.09. The summed E-state index contributed by atoms with van der Waals surface area (Å²) in [6.07, 6.45) is 4.17. The normalized spacial score (nSPS) is 10.8. The van der Waals surface area contributed by atoms with Gasteiger partial charge in [0.2, 0.25) is 5.91 Å². The topological polar surface area (TPSA) is 64.3 Å².